The maximum absolute atomic E-state index is 9.54. The highest BCUT2D eigenvalue weighted by atomic mass is 35.5. The first-order valence-corrected chi connectivity index (χ1v) is 7.73. The van der Waals surface area contributed by atoms with Gasteiger partial charge in [0.15, 0.2) is 0 Å². The summed E-state index contributed by atoms with van der Waals surface area (Å²) < 4.78 is 5.91. The van der Waals surface area contributed by atoms with Crippen LogP contribution < -0.4 is 4.74 Å². The lowest BCUT2D eigenvalue weighted by atomic mass is 10.0. The molecule has 0 spiro atoms. The molecule has 0 radical (unpaired) electrons. The Morgan fingerprint density at radius 1 is 1.10 bits per heavy atom. The number of aromatic hydroxyl groups is 1. The summed E-state index contributed by atoms with van der Waals surface area (Å²) >= 11 is 5.66. The second kappa shape index (κ2) is 7.39. The van der Waals surface area contributed by atoms with Gasteiger partial charge in [0.2, 0.25) is 0 Å². The van der Waals surface area contributed by atoms with E-state index in [0.29, 0.717) is 5.75 Å². The molecule has 2 rings (SSSR count). The highest BCUT2D eigenvalue weighted by Gasteiger charge is 2.07. The van der Waals surface area contributed by atoms with E-state index in [0.717, 1.165) is 54.7 Å². The molecule has 2 aromatic carbocycles. The van der Waals surface area contributed by atoms with Crippen LogP contribution in [0.5, 0.6) is 11.5 Å². The lowest BCUT2D eigenvalue weighted by molar-refractivity contribution is 0.304. The Bertz CT molecular complexity index is 566. The van der Waals surface area contributed by atoms with Gasteiger partial charge in [-0.25, -0.2) is 0 Å². The Morgan fingerprint density at radius 3 is 2.70 bits per heavy atom. The normalized spacial score (nSPS) is 10.9. The average molecular weight is 293 g/mol. The quantitative estimate of drug-likeness (QED) is 0.581. The SMILES string of the molecule is CCc1c(OCCCCCCl)ccc2cc(O)ccc12. The van der Waals surface area contributed by atoms with E-state index < -0.39 is 0 Å². The van der Waals surface area contributed by atoms with Crippen LogP contribution in [0.4, 0.5) is 0 Å². The molecule has 3 heteroatoms. The summed E-state index contributed by atoms with van der Waals surface area (Å²) in [6.45, 7) is 2.86. The Morgan fingerprint density at radius 2 is 1.95 bits per heavy atom. The van der Waals surface area contributed by atoms with E-state index in [9.17, 15) is 5.11 Å². The highest BCUT2D eigenvalue weighted by molar-refractivity contribution is 6.17. The van der Waals surface area contributed by atoms with Gasteiger partial charge in [-0.2, -0.15) is 0 Å². The zero-order chi connectivity index (χ0) is 14.4. The molecule has 0 unspecified atom stereocenters. The van der Waals surface area contributed by atoms with Crippen molar-refractivity contribution in [2.75, 3.05) is 12.5 Å². The molecule has 0 heterocycles. The van der Waals surface area contributed by atoms with Gasteiger partial charge in [0.1, 0.15) is 11.5 Å². The van der Waals surface area contributed by atoms with Gasteiger partial charge in [-0.3, -0.25) is 0 Å². The second-order valence-corrected chi connectivity index (χ2v) is 5.28. The van der Waals surface area contributed by atoms with Gasteiger partial charge in [-0.1, -0.05) is 19.1 Å². The number of halogens is 1. The van der Waals surface area contributed by atoms with Crippen molar-refractivity contribution in [1.29, 1.82) is 0 Å². The Balaban J connectivity index is 2.15. The molecule has 0 saturated carbocycles. The fraction of sp³-hybridized carbons (Fsp3) is 0.412. The third-order valence-corrected chi connectivity index (χ3v) is 3.73. The predicted octanol–water partition coefficient (Wildman–Crippen LogP) is 4.90. The number of aryl methyl sites for hydroxylation is 1. The van der Waals surface area contributed by atoms with Crippen LogP contribution in [0, 0.1) is 0 Å². The molecule has 108 valence electrons. The second-order valence-electron chi connectivity index (χ2n) is 4.90. The molecule has 0 aliphatic carbocycles. The largest absolute Gasteiger partial charge is 0.508 e. The molecule has 0 bridgehead atoms. The molecule has 20 heavy (non-hydrogen) atoms. The smallest absolute Gasteiger partial charge is 0.123 e. The van der Waals surface area contributed by atoms with Gasteiger partial charge in [0, 0.05) is 11.4 Å². The fourth-order valence-electron chi connectivity index (χ4n) is 2.42. The van der Waals surface area contributed by atoms with Crippen molar-refractivity contribution < 1.29 is 9.84 Å². The van der Waals surface area contributed by atoms with Crippen LogP contribution >= 0.6 is 11.6 Å². The van der Waals surface area contributed by atoms with Crippen molar-refractivity contribution in [2.45, 2.75) is 32.6 Å². The molecule has 1 N–H and O–H groups in total. The van der Waals surface area contributed by atoms with Crippen LogP contribution in [0.15, 0.2) is 30.3 Å². The zero-order valence-electron chi connectivity index (χ0n) is 11.9. The molecule has 0 aromatic heterocycles. The first kappa shape index (κ1) is 15.0. The Kier molecular flexibility index (Phi) is 5.54. The number of phenols is 1. The summed E-state index contributed by atoms with van der Waals surface area (Å²) in [4.78, 5) is 0. The van der Waals surface area contributed by atoms with Crippen molar-refractivity contribution in [1.82, 2.24) is 0 Å². The van der Waals surface area contributed by atoms with E-state index in [1.807, 2.05) is 18.2 Å². The summed E-state index contributed by atoms with van der Waals surface area (Å²) in [6.07, 6.45) is 4.09. The molecule has 2 nitrogen and oxygen atoms in total. The van der Waals surface area contributed by atoms with Crippen molar-refractivity contribution in [2.24, 2.45) is 0 Å². The van der Waals surface area contributed by atoms with Gasteiger partial charge in [0.05, 0.1) is 6.61 Å². The maximum atomic E-state index is 9.54. The Labute approximate surface area is 125 Å². The molecule has 0 fully saturated rings. The minimum atomic E-state index is 0.300. The van der Waals surface area contributed by atoms with Crippen LogP contribution in [0.2, 0.25) is 0 Å². The lowest BCUT2D eigenvalue weighted by Gasteiger charge is -2.13. The van der Waals surface area contributed by atoms with E-state index in [-0.39, 0.29) is 0 Å². The van der Waals surface area contributed by atoms with Gasteiger partial charge in [0.25, 0.3) is 0 Å². The van der Waals surface area contributed by atoms with E-state index in [1.165, 1.54) is 5.56 Å². The number of phenolic OH excluding ortho intramolecular Hbond substituents is 1. The summed E-state index contributed by atoms with van der Waals surface area (Å²) in [5.41, 5.74) is 1.21. The van der Waals surface area contributed by atoms with Crippen LogP contribution in [0.1, 0.15) is 31.7 Å². The van der Waals surface area contributed by atoms with E-state index in [1.54, 1.807) is 12.1 Å². The van der Waals surface area contributed by atoms with Gasteiger partial charge >= 0.3 is 0 Å². The molecule has 0 aliphatic rings. The minimum Gasteiger partial charge on any atom is -0.508 e. The number of unbranched alkanes of at least 4 members (excludes halogenated alkanes) is 2. The molecule has 0 atom stereocenters. The molecular formula is C17H21ClO2. The maximum Gasteiger partial charge on any atom is 0.123 e. The zero-order valence-corrected chi connectivity index (χ0v) is 12.6. The van der Waals surface area contributed by atoms with Gasteiger partial charge in [-0.15, -0.1) is 11.6 Å². The number of ether oxygens (including phenoxy) is 1. The third kappa shape index (κ3) is 3.57. The van der Waals surface area contributed by atoms with Crippen LogP contribution in [0.3, 0.4) is 0 Å². The van der Waals surface area contributed by atoms with Crippen LogP contribution in [0.25, 0.3) is 10.8 Å². The minimum absolute atomic E-state index is 0.300. The van der Waals surface area contributed by atoms with Crippen molar-refractivity contribution >= 4 is 22.4 Å². The van der Waals surface area contributed by atoms with Crippen molar-refractivity contribution in [3.05, 3.63) is 35.9 Å². The predicted molar refractivity (Wildman–Crippen MR) is 85.1 cm³/mol. The van der Waals surface area contributed by atoms with E-state index in [2.05, 4.69) is 6.92 Å². The summed E-state index contributed by atoms with van der Waals surface area (Å²) in [5.74, 6) is 1.98. The number of hydrogen-bond acceptors (Lipinski definition) is 2. The van der Waals surface area contributed by atoms with Gasteiger partial charge < -0.3 is 9.84 Å². The Hall–Kier alpha value is -1.41. The number of rotatable bonds is 7. The van der Waals surface area contributed by atoms with Crippen LogP contribution in [-0.4, -0.2) is 17.6 Å². The first-order chi connectivity index (χ1) is 9.76. The standard InChI is InChI=1S/C17H21ClO2/c1-2-15-16-8-7-14(19)12-13(16)6-9-17(15)20-11-5-3-4-10-18/h6-9,12,19H,2-5,10-11H2,1H3. The summed E-state index contributed by atoms with van der Waals surface area (Å²) in [5, 5.41) is 11.8. The molecule has 0 aliphatic heterocycles. The monoisotopic (exact) mass is 292 g/mol. The first-order valence-electron chi connectivity index (χ1n) is 7.19. The van der Waals surface area contributed by atoms with Gasteiger partial charge in [-0.05, 0) is 54.7 Å². The molecule has 0 saturated heterocycles. The fourth-order valence-corrected chi connectivity index (χ4v) is 2.61. The number of alkyl halides is 1. The number of benzene rings is 2. The van der Waals surface area contributed by atoms with Crippen LogP contribution in [-0.2, 0) is 6.42 Å². The lowest BCUT2D eigenvalue weighted by Crippen LogP contribution is -2.00. The molecule has 0 amide bonds. The average Bonchev–Trinajstić information content (AvgIpc) is 2.46. The molecular weight excluding hydrogens is 272 g/mol. The summed E-state index contributed by atoms with van der Waals surface area (Å²) in [7, 11) is 0. The van der Waals surface area contributed by atoms with E-state index >= 15 is 0 Å². The molecule has 2 aromatic rings. The third-order valence-electron chi connectivity index (χ3n) is 3.46. The number of fused-ring (bicyclic) bond motifs is 1. The highest BCUT2D eigenvalue weighted by Crippen LogP contribution is 2.30. The number of hydrogen-bond donors (Lipinski definition) is 1. The van der Waals surface area contributed by atoms with Crippen molar-refractivity contribution in [3.8, 4) is 11.5 Å². The topological polar surface area (TPSA) is 29.5 Å². The summed E-state index contributed by atoms with van der Waals surface area (Å²) in [6, 6.07) is 9.48. The van der Waals surface area contributed by atoms with E-state index in [4.69, 9.17) is 16.3 Å². The van der Waals surface area contributed by atoms with Crippen molar-refractivity contribution in [3.63, 3.8) is 0 Å².